The van der Waals surface area contributed by atoms with E-state index >= 15 is 0 Å². The molecule has 4 nitrogen and oxygen atoms in total. The largest absolute Gasteiger partial charge is 1.00 e. The average molecular weight is 445 g/mol. The second kappa shape index (κ2) is 21.7. The summed E-state index contributed by atoms with van der Waals surface area (Å²) < 4.78 is 34.3. The molecule has 0 fully saturated rings. The van der Waals surface area contributed by atoms with Crippen LogP contribution in [0.15, 0.2) is 0 Å². The Hall–Kier alpha value is 1.51. The maximum atomic E-state index is 11.4. The van der Waals surface area contributed by atoms with Crippen molar-refractivity contribution in [3.63, 3.8) is 0 Å². The number of hydrogen-bond donors (Lipinski definition) is 1. The Morgan fingerprint density at radius 1 is 0.679 bits per heavy atom. The van der Waals surface area contributed by atoms with Crippen molar-refractivity contribution in [2.45, 2.75) is 141 Å². The van der Waals surface area contributed by atoms with Crippen molar-refractivity contribution in [3.8, 4) is 0 Å². The molecule has 0 saturated carbocycles. The van der Waals surface area contributed by atoms with Crippen LogP contribution in [0.2, 0.25) is 0 Å². The van der Waals surface area contributed by atoms with E-state index in [2.05, 4.69) is 6.92 Å². The van der Waals surface area contributed by atoms with Gasteiger partial charge in [0.05, 0.1) is 16.2 Å². The minimum atomic E-state index is -4.18. The molecule has 28 heavy (non-hydrogen) atoms. The quantitative estimate of drug-likeness (QED) is 0.177. The molecule has 0 aliphatic rings. The molecule has 0 spiro atoms. The molecule has 0 amide bonds. The van der Waals surface area contributed by atoms with Crippen LogP contribution in [0, 0.1) is 0 Å². The minimum absolute atomic E-state index is 0. The van der Waals surface area contributed by atoms with Gasteiger partial charge in [0.2, 0.25) is 0 Å². The maximum Gasteiger partial charge on any atom is 1.00 e. The fraction of sp³-hybridized carbons (Fsp3) is 1.00. The SMILES string of the molecule is CCCCCCCCCCCCCCC(CCCCCC(C)O)S(=O)(=O)[O-].[K+]. The Morgan fingerprint density at radius 2 is 1.00 bits per heavy atom. The van der Waals surface area contributed by atoms with E-state index in [-0.39, 0.29) is 57.5 Å². The van der Waals surface area contributed by atoms with E-state index in [1.165, 1.54) is 57.8 Å². The van der Waals surface area contributed by atoms with E-state index in [9.17, 15) is 18.1 Å². The monoisotopic (exact) mass is 444 g/mol. The van der Waals surface area contributed by atoms with Crippen molar-refractivity contribution in [1.82, 2.24) is 0 Å². The summed E-state index contributed by atoms with van der Waals surface area (Å²) in [6, 6.07) is 0. The van der Waals surface area contributed by atoms with Crippen LogP contribution in [0.25, 0.3) is 0 Å². The van der Waals surface area contributed by atoms with E-state index in [1.807, 2.05) is 0 Å². The first-order chi connectivity index (χ1) is 12.9. The molecule has 0 aromatic rings. The van der Waals surface area contributed by atoms with Gasteiger partial charge in [-0.25, -0.2) is 8.42 Å². The maximum absolute atomic E-state index is 11.4. The smallest absolute Gasteiger partial charge is 0.748 e. The van der Waals surface area contributed by atoms with Gasteiger partial charge in [0.15, 0.2) is 0 Å². The standard InChI is InChI=1S/C22H46O4S.K/c1-3-4-5-6-7-8-9-10-11-12-13-16-19-22(27(24,25)26)20-17-14-15-18-21(2)23;/h21-23H,3-20H2,1-2H3,(H,24,25,26);/q;+1/p-1. The van der Waals surface area contributed by atoms with Crippen molar-refractivity contribution < 1.29 is 69.5 Å². The molecule has 2 atom stereocenters. The van der Waals surface area contributed by atoms with E-state index in [0.29, 0.717) is 12.8 Å². The van der Waals surface area contributed by atoms with Gasteiger partial charge in [-0.3, -0.25) is 0 Å². The first-order valence-electron chi connectivity index (χ1n) is 11.5. The summed E-state index contributed by atoms with van der Waals surface area (Å²) in [5.41, 5.74) is 0. The predicted octanol–water partition coefficient (Wildman–Crippen LogP) is 3.33. The van der Waals surface area contributed by atoms with Crippen molar-refractivity contribution in [1.29, 1.82) is 0 Å². The molecule has 2 unspecified atom stereocenters. The summed E-state index contributed by atoms with van der Waals surface area (Å²) in [7, 11) is -4.18. The molecule has 0 aromatic heterocycles. The Balaban J connectivity index is 0. The predicted molar refractivity (Wildman–Crippen MR) is 114 cm³/mol. The van der Waals surface area contributed by atoms with E-state index in [4.69, 9.17) is 0 Å². The first kappa shape index (κ1) is 31.7. The third-order valence-corrected chi connectivity index (χ3v) is 6.72. The van der Waals surface area contributed by atoms with Crippen LogP contribution in [0.3, 0.4) is 0 Å². The van der Waals surface area contributed by atoms with Gasteiger partial charge in [0.1, 0.15) is 0 Å². The molecule has 0 bridgehead atoms. The number of aliphatic hydroxyl groups excluding tert-OH is 1. The van der Waals surface area contributed by atoms with E-state index in [0.717, 1.165) is 44.9 Å². The third-order valence-electron chi connectivity index (χ3n) is 5.44. The van der Waals surface area contributed by atoms with E-state index in [1.54, 1.807) is 6.92 Å². The fourth-order valence-corrected chi connectivity index (χ4v) is 4.55. The Morgan fingerprint density at radius 3 is 1.36 bits per heavy atom. The van der Waals surface area contributed by atoms with Crippen LogP contribution in [-0.4, -0.2) is 29.4 Å². The number of rotatable bonds is 20. The van der Waals surface area contributed by atoms with Gasteiger partial charge >= 0.3 is 51.4 Å². The molecule has 0 rings (SSSR count). The minimum Gasteiger partial charge on any atom is -0.748 e. The molecule has 0 radical (unpaired) electrons. The number of aliphatic hydroxyl groups is 1. The number of unbranched alkanes of at least 4 members (excludes halogenated alkanes) is 13. The third kappa shape index (κ3) is 22.2. The Bertz CT molecular complexity index is 413. The molecule has 1 N–H and O–H groups in total. The van der Waals surface area contributed by atoms with Gasteiger partial charge in [-0.15, -0.1) is 0 Å². The molecule has 0 saturated heterocycles. The Kier molecular flexibility index (Phi) is 24.6. The van der Waals surface area contributed by atoms with E-state index < -0.39 is 15.4 Å². The van der Waals surface area contributed by atoms with Crippen LogP contribution in [-0.2, 0) is 10.1 Å². The number of hydrogen-bond acceptors (Lipinski definition) is 4. The van der Waals surface area contributed by atoms with Crippen LogP contribution in [0.1, 0.15) is 129 Å². The summed E-state index contributed by atoms with van der Waals surface area (Å²) in [6.07, 6.45) is 18.9. The topological polar surface area (TPSA) is 77.4 Å². The van der Waals surface area contributed by atoms with Crippen LogP contribution in [0.4, 0.5) is 0 Å². The molecule has 0 aliphatic heterocycles. The van der Waals surface area contributed by atoms with Gasteiger partial charge in [0.25, 0.3) is 0 Å². The van der Waals surface area contributed by atoms with Gasteiger partial charge in [-0.2, -0.15) is 0 Å². The van der Waals surface area contributed by atoms with Gasteiger partial charge < -0.3 is 9.66 Å². The van der Waals surface area contributed by atoms with Gasteiger partial charge in [0, 0.05) is 5.25 Å². The second-order valence-electron chi connectivity index (χ2n) is 8.28. The molecule has 164 valence electrons. The Labute approximate surface area is 218 Å². The zero-order chi connectivity index (χ0) is 20.4. The van der Waals surface area contributed by atoms with Crippen molar-refractivity contribution in [3.05, 3.63) is 0 Å². The second-order valence-corrected chi connectivity index (χ2v) is 9.93. The zero-order valence-electron chi connectivity index (χ0n) is 19.0. The molecule has 0 heterocycles. The zero-order valence-corrected chi connectivity index (χ0v) is 22.9. The molecule has 6 heteroatoms. The molecular formula is C22H45KO4S. The normalized spacial score (nSPS) is 13.9. The van der Waals surface area contributed by atoms with Crippen LogP contribution in [0.5, 0.6) is 0 Å². The summed E-state index contributed by atoms with van der Waals surface area (Å²) in [5, 5.41) is 8.51. The van der Waals surface area contributed by atoms with Crippen LogP contribution >= 0.6 is 0 Å². The summed E-state index contributed by atoms with van der Waals surface area (Å²) in [5.74, 6) is 0. The van der Waals surface area contributed by atoms with Crippen molar-refractivity contribution >= 4 is 10.1 Å². The van der Waals surface area contributed by atoms with Gasteiger partial charge in [-0.1, -0.05) is 103 Å². The summed E-state index contributed by atoms with van der Waals surface area (Å²) in [6.45, 7) is 4.01. The van der Waals surface area contributed by atoms with Crippen molar-refractivity contribution in [2.24, 2.45) is 0 Å². The van der Waals surface area contributed by atoms with Gasteiger partial charge in [-0.05, 0) is 26.2 Å². The average Bonchev–Trinajstić information content (AvgIpc) is 2.59. The summed E-state index contributed by atoms with van der Waals surface area (Å²) >= 11 is 0. The van der Waals surface area contributed by atoms with Crippen LogP contribution < -0.4 is 51.4 Å². The molecule has 0 aromatic carbocycles. The molecular weight excluding hydrogens is 399 g/mol. The molecule has 0 aliphatic carbocycles. The fourth-order valence-electron chi connectivity index (χ4n) is 3.63. The van der Waals surface area contributed by atoms with Crippen molar-refractivity contribution in [2.75, 3.05) is 0 Å². The summed E-state index contributed by atoms with van der Waals surface area (Å²) in [4.78, 5) is 0. The first-order valence-corrected chi connectivity index (χ1v) is 13.0.